The predicted octanol–water partition coefficient (Wildman–Crippen LogP) is 0.373. The van der Waals surface area contributed by atoms with Gasteiger partial charge < -0.3 is 0 Å². The van der Waals surface area contributed by atoms with Crippen molar-refractivity contribution in [3.63, 3.8) is 0 Å². The molecule has 0 spiro atoms. The van der Waals surface area contributed by atoms with E-state index in [4.69, 9.17) is 5.21 Å². The molecule has 0 bridgehead atoms. The smallest absolute Gasteiger partial charge is 0.288 e. The molecule has 0 aromatic carbocycles. The SMILES string of the molecule is C[Si](C)(C)C#CC(=O)NO. The van der Waals surface area contributed by atoms with Crippen molar-refractivity contribution in [2.45, 2.75) is 19.6 Å². The summed E-state index contributed by atoms with van der Waals surface area (Å²) in [5.41, 5.74) is 4.24. The van der Waals surface area contributed by atoms with E-state index in [1.165, 1.54) is 5.48 Å². The number of hydrogen-bond donors (Lipinski definition) is 2. The van der Waals surface area contributed by atoms with Gasteiger partial charge in [-0.25, -0.2) is 5.48 Å². The van der Waals surface area contributed by atoms with Crippen LogP contribution in [-0.4, -0.2) is 19.2 Å². The first-order chi connectivity index (χ1) is 4.45. The zero-order valence-electron chi connectivity index (χ0n) is 6.36. The van der Waals surface area contributed by atoms with Crippen LogP contribution in [-0.2, 0) is 4.79 Å². The summed E-state index contributed by atoms with van der Waals surface area (Å²) in [6.45, 7) is 6.06. The molecule has 0 aliphatic heterocycles. The number of hydrogen-bond acceptors (Lipinski definition) is 2. The molecule has 0 aromatic rings. The fraction of sp³-hybridized carbons (Fsp3) is 0.500. The van der Waals surface area contributed by atoms with Gasteiger partial charge in [-0.15, -0.1) is 5.54 Å². The van der Waals surface area contributed by atoms with Crippen molar-refractivity contribution in [1.82, 2.24) is 5.48 Å². The lowest BCUT2D eigenvalue weighted by atomic mass is 10.7. The maximum Gasteiger partial charge on any atom is 0.318 e. The summed E-state index contributed by atoms with van der Waals surface area (Å²) in [5.74, 6) is 1.65. The molecular formula is C6H11NO2Si. The lowest BCUT2D eigenvalue weighted by Crippen LogP contribution is -2.20. The minimum Gasteiger partial charge on any atom is -0.288 e. The molecule has 0 heterocycles. The Hall–Kier alpha value is -0.793. The van der Waals surface area contributed by atoms with Gasteiger partial charge in [0.1, 0.15) is 8.07 Å². The average molecular weight is 157 g/mol. The van der Waals surface area contributed by atoms with E-state index in [0.29, 0.717) is 0 Å². The Kier molecular flexibility index (Phi) is 3.12. The second-order valence-corrected chi connectivity index (χ2v) is 7.69. The molecule has 10 heavy (non-hydrogen) atoms. The van der Waals surface area contributed by atoms with E-state index in [0.717, 1.165) is 0 Å². The van der Waals surface area contributed by atoms with Crippen molar-refractivity contribution in [2.24, 2.45) is 0 Å². The Bertz CT molecular complexity index is 184. The van der Waals surface area contributed by atoms with E-state index in [2.05, 4.69) is 11.5 Å². The highest BCUT2D eigenvalue weighted by molar-refractivity contribution is 6.84. The van der Waals surface area contributed by atoms with E-state index in [9.17, 15) is 4.79 Å². The summed E-state index contributed by atoms with van der Waals surface area (Å²) in [6.07, 6.45) is 0. The van der Waals surface area contributed by atoms with Crippen molar-refractivity contribution in [2.75, 3.05) is 0 Å². The molecule has 0 radical (unpaired) electrons. The molecule has 2 N–H and O–H groups in total. The average Bonchev–Trinajstić information content (AvgIpc) is 1.81. The first-order valence-electron chi connectivity index (χ1n) is 2.93. The van der Waals surface area contributed by atoms with Gasteiger partial charge >= 0.3 is 5.91 Å². The third-order valence-corrected chi connectivity index (χ3v) is 1.53. The fourth-order valence-electron chi connectivity index (χ4n) is 0.272. The molecule has 0 rings (SSSR count). The third kappa shape index (κ3) is 5.35. The van der Waals surface area contributed by atoms with Crippen LogP contribution in [0.5, 0.6) is 0 Å². The number of rotatable bonds is 0. The standard InChI is InChI=1S/C6H11NO2Si/c1-10(2,3)5-4-6(8)7-9/h9H,1-3H3,(H,7,8). The molecule has 0 saturated carbocycles. The van der Waals surface area contributed by atoms with Crippen LogP contribution in [0.25, 0.3) is 0 Å². The normalized spacial score (nSPS) is 9.60. The van der Waals surface area contributed by atoms with Gasteiger partial charge in [0, 0.05) is 0 Å². The van der Waals surface area contributed by atoms with Gasteiger partial charge in [0.25, 0.3) is 0 Å². The Balaban J connectivity index is 4.05. The number of hydroxylamine groups is 1. The van der Waals surface area contributed by atoms with Crippen LogP contribution in [0, 0.1) is 11.5 Å². The second-order valence-electron chi connectivity index (χ2n) is 2.94. The fourth-order valence-corrected chi connectivity index (χ4v) is 0.761. The first kappa shape index (κ1) is 9.21. The van der Waals surface area contributed by atoms with Crippen LogP contribution < -0.4 is 5.48 Å². The van der Waals surface area contributed by atoms with E-state index in [1.54, 1.807) is 0 Å². The van der Waals surface area contributed by atoms with Crippen LogP contribution >= 0.6 is 0 Å². The summed E-state index contributed by atoms with van der Waals surface area (Å²) < 4.78 is 0. The van der Waals surface area contributed by atoms with E-state index < -0.39 is 14.0 Å². The highest BCUT2D eigenvalue weighted by Crippen LogP contribution is 1.95. The molecule has 3 nitrogen and oxygen atoms in total. The van der Waals surface area contributed by atoms with Gasteiger partial charge in [0.05, 0.1) is 0 Å². The zero-order valence-corrected chi connectivity index (χ0v) is 7.36. The highest BCUT2D eigenvalue weighted by Gasteiger charge is 2.07. The topological polar surface area (TPSA) is 49.3 Å². The maximum atomic E-state index is 10.3. The summed E-state index contributed by atoms with van der Waals surface area (Å²) in [6, 6.07) is 0. The quantitative estimate of drug-likeness (QED) is 0.231. The van der Waals surface area contributed by atoms with E-state index in [1.807, 2.05) is 19.6 Å². The first-order valence-corrected chi connectivity index (χ1v) is 6.43. The molecule has 4 heteroatoms. The monoisotopic (exact) mass is 157 g/mol. The van der Waals surface area contributed by atoms with Crippen LogP contribution in [0.3, 0.4) is 0 Å². The van der Waals surface area contributed by atoms with Crippen LogP contribution in [0.15, 0.2) is 0 Å². The molecule has 0 aliphatic carbocycles. The van der Waals surface area contributed by atoms with E-state index in [-0.39, 0.29) is 0 Å². The summed E-state index contributed by atoms with van der Waals surface area (Å²) >= 11 is 0. The van der Waals surface area contributed by atoms with Gasteiger partial charge in [-0.05, 0) is 5.92 Å². The molecule has 1 amide bonds. The molecule has 0 fully saturated rings. The summed E-state index contributed by atoms with van der Waals surface area (Å²) in [7, 11) is -1.47. The van der Waals surface area contributed by atoms with Crippen molar-refractivity contribution >= 4 is 14.0 Å². The second kappa shape index (κ2) is 3.39. The van der Waals surface area contributed by atoms with Gasteiger partial charge in [-0.2, -0.15) is 0 Å². The summed E-state index contributed by atoms with van der Waals surface area (Å²) in [4.78, 5) is 10.3. The molecule has 0 aromatic heterocycles. The zero-order chi connectivity index (χ0) is 8.20. The van der Waals surface area contributed by atoms with E-state index >= 15 is 0 Å². The molecule has 0 unspecified atom stereocenters. The minimum atomic E-state index is -1.47. The van der Waals surface area contributed by atoms with Crippen LogP contribution in [0.2, 0.25) is 19.6 Å². The van der Waals surface area contributed by atoms with Gasteiger partial charge in [0.2, 0.25) is 0 Å². The Morgan fingerprint density at radius 3 is 2.30 bits per heavy atom. The third-order valence-electron chi connectivity index (χ3n) is 0.653. The molecule has 0 aliphatic rings. The largest absolute Gasteiger partial charge is 0.318 e. The van der Waals surface area contributed by atoms with Crippen molar-refractivity contribution in [1.29, 1.82) is 0 Å². The number of nitrogens with one attached hydrogen (secondary N) is 1. The molecule has 0 atom stereocenters. The predicted molar refractivity (Wildman–Crippen MR) is 41.1 cm³/mol. The highest BCUT2D eigenvalue weighted by atomic mass is 28.3. The molecule has 56 valence electrons. The Morgan fingerprint density at radius 2 is 2.00 bits per heavy atom. The minimum absolute atomic E-state index is 0.637. The lowest BCUT2D eigenvalue weighted by molar-refractivity contribution is -0.123. The van der Waals surface area contributed by atoms with Crippen molar-refractivity contribution in [3.8, 4) is 11.5 Å². The maximum absolute atomic E-state index is 10.3. The van der Waals surface area contributed by atoms with Gasteiger partial charge in [-0.3, -0.25) is 10.0 Å². The number of carbonyl (C=O) groups excluding carboxylic acids is 1. The van der Waals surface area contributed by atoms with Crippen LogP contribution in [0.4, 0.5) is 0 Å². The molecular weight excluding hydrogens is 146 g/mol. The van der Waals surface area contributed by atoms with Gasteiger partial charge in [0.15, 0.2) is 0 Å². The van der Waals surface area contributed by atoms with Gasteiger partial charge in [-0.1, -0.05) is 19.6 Å². The Morgan fingerprint density at radius 1 is 1.50 bits per heavy atom. The van der Waals surface area contributed by atoms with Crippen LogP contribution in [0.1, 0.15) is 0 Å². The summed E-state index contributed by atoms with van der Waals surface area (Å²) in [5, 5.41) is 8.05. The lowest BCUT2D eigenvalue weighted by Gasteiger charge is -2.02. The number of carbonyl (C=O) groups is 1. The Labute approximate surface area is 61.4 Å². The van der Waals surface area contributed by atoms with Crippen molar-refractivity contribution < 1.29 is 10.0 Å². The van der Waals surface area contributed by atoms with Crippen molar-refractivity contribution in [3.05, 3.63) is 0 Å². The molecule has 0 saturated heterocycles. The number of amides is 1.